The highest BCUT2D eigenvalue weighted by Crippen LogP contribution is 2.09. The van der Waals surface area contributed by atoms with Gasteiger partial charge in [-0.05, 0) is 31.5 Å². The standard InChI is InChI=1S/C10H12FNO2/c1-3-14-12-10(13)9-6-8(11)5-4-7(9)2/h4-6H,3H2,1-2H3,(H,12,13). The average Bonchev–Trinajstić information content (AvgIpc) is 2.18. The van der Waals surface area contributed by atoms with Gasteiger partial charge in [0.05, 0.1) is 6.61 Å². The number of hydrogen-bond acceptors (Lipinski definition) is 2. The predicted molar refractivity (Wildman–Crippen MR) is 50.2 cm³/mol. The second-order valence-corrected chi connectivity index (χ2v) is 2.82. The monoisotopic (exact) mass is 197 g/mol. The Labute approximate surface area is 81.8 Å². The lowest BCUT2D eigenvalue weighted by Gasteiger charge is -2.06. The molecule has 0 saturated carbocycles. The molecule has 0 unspecified atom stereocenters. The Morgan fingerprint density at radius 2 is 2.29 bits per heavy atom. The number of aryl methyl sites for hydroxylation is 1. The average molecular weight is 197 g/mol. The second-order valence-electron chi connectivity index (χ2n) is 2.82. The summed E-state index contributed by atoms with van der Waals surface area (Å²) in [6.45, 7) is 3.86. The Balaban J connectivity index is 2.83. The zero-order chi connectivity index (χ0) is 10.6. The van der Waals surface area contributed by atoms with Gasteiger partial charge < -0.3 is 0 Å². The van der Waals surface area contributed by atoms with Gasteiger partial charge in [-0.15, -0.1) is 0 Å². The van der Waals surface area contributed by atoms with Crippen LogP contribution >= 0.6 is 0 Å². The van der Waals surface area contributed by atoms with E-state index < -0.39 is 11.7 Å². The van der Waals surface area contributed by atoms with Crippen molar-refractivity contribution in [3.8, 4) is 0 Å². The molecular formula is C10H12FNO2. The van der Waals surface area contributed by atoms with Crippen LogP contribution in [0.15, 0.2) is 18.2 Å². The Morgan fingerprint density at radius 3 is 2.93 bits per heavy atom. The number of amides is 1. The smallest absolute Gasteiger partial charge is 0.274 e. The van der Waals surface area contributed by atoms with E-state index in [-0.39, 0.29) is 0 Å². The minimum Gasteiger partial charge on any atom is -0.274 e. The zero-order valence-electron chi connectivity index (χ0n) is 8.13. The fourth-order valence-corrected chi connectivity index (χ4v) is 1.03. The summed E-state index contributed by atoms with van der Waals surface area (Å²) in [6, 6.07) is 4.05. The molecule has 0 atom stereocenters. The van der Waals surface area contributed by atoms with Crippen molar-refractivity contribution in [3.05, 3.63) is 35.1 Å². The van der Waals surface area contributed by atoms with Gasteiger partial charge in [0, 0.05) is 5.56 Å². The fourth-order valence-electron chi connectivity index (χ4n) is 1.03. The summed E-state index contributed by atoms with van der Waals surface area (Å²) in [5.74, 6) is -0.860. The molecule has 0 spiro atoms. The van der Waals surface area contributed by atoms with Gasteiger partial charge in [0.15, 0.2) is 0 Å². The maximum absolute atomic E-state index is 12.8. The van der Waals surface area contributed by atoms with Crippen LogP contribution in [-0.4, -0.2) is 12.5 Å². The Kier molecular flexibility index (Phi) is 3.59. The molecule has 1 amide bonds. The van der Waals surface area contributed by atoms with Crippen LogP contribution in [0.4, 0.5) is 4.39 Å². The van der Waals surface area contributed by atoms with Crippen molar-refractivity contribution >= 4 is 5.91 Å². The van der Waals surface area contributed by atoms with E-state index >= 15 is 0 Å². The highest BCUT2D eigenvalue weighted by Gasteiger charge is 2.09. The summed E-state index contributed by atoms with van der Waals surface area (Å²) in [5.41, 5.74) is 3.21. The molecule has 1 N–H and O–H groups in total. The normalized spacial score (nSPS) is 9.93. The maximum Gasteiger partial charge on any atom is 0.275 e. The number of hydrogen-bond donors (Lipinski definition) is 1. The summed E-state index contributed by atoms with van der Waals surface area (Å²) in [5, 5.41) is 0. The molecule has 1 rings (SSSR count). The van der Waals surface area contributed by atoms with E-state index in [9.17, 15) is 9.18 Å². The largest absolute Gasteiger partial charge is 0.275 e. The molecule has 0 fully saturated rings. The van der Waals surface area contributed by atoms with Crippen LogP contribution in [0.1, 0.15) is 22.8 Å². The minimum atomic E-state index is -0.433. The third kappa shape index (κ3) is 2.53. The number of rotatable bonds is 3. The van der Waals surface area contributed by atoms with E-state index in [2.05, 4.69) is 5.48 Å². The third-order valence-corrected chi connectivity index (χ3v) is 1.75. The molecule has 0 aliphatic rings. The van der Waals surface area contributed by atoms with Crippen molar-refractivity contribution in [2.24, 2.45) is 0 Å². The molecule has 0 aliphatic heterocycles. The van der Waals surface area contributed by atoms with Gasteiger partial charge in [-0.3, -0.25) is 9.63 Å². The third-order valence-electron chi connectivity index (χ3n) is 1.75. The number of nitrogens with one attached hydrogen (secondary N) is 1. The first-order valence-corrected chi connectivity index (χ1v) is 4.33. The van der Waals surface area contributed by atoms with E-state index in [0.717, 1.165) is 0 Å². The Hall–Kier alpha value is -1.42. The first-order valence-electron chi connectivity index (χ1n) is 4.33. The van der Waals surface area contributed by atoms with Gasteiger partial charge in [-0.1, -0.05) is 6.07 Å². The zero-order valence-corrected chi connectivity index (χ0v) is 8.13. The van der Waals surface area contributed by atoms with E-state index in [0.29, 0.717) is 17.7 Å². The molecule has 0 saturated heterocycles. The summed E-state index contributed by atoms with van der Waals surface area (Å²) < 4.78 is 12.8. The predicted octanol–water partition coefficient (Wildman–Crippen LogP) is 1.82. The van der Waals surface area contributed by atoms with E-state index in [4.69, 9.17) is 4.84 Å². The Morgan fingerprint density at radius 1 is 1.57 bits per heavy atom. The molecule has 0 radical (unpaired) electrons. The fraction of sp³-hybridized carbons (Fsp3) is 0.300. The maximum atomic E-state index is 12.8. The van der Waals surface area contributed by atoms with E-state index in [1.165, 1.54) is 12.1 Å². The van der Waals surface area contributed by atoms with Crippen LogP contribution in [0.25, 0.3) is 0 Å². The van der Waals surface area contributed by atoms with Gasteiger partial charge in [-0.25, -0.2) is 9.87 Å². The van der Waals surface area contributed by atoms with Crippen LogP contribution in [0.2, 0.25) is 0 Å². The summed E-state index contributed by atoms with van der Waals surface area (Å²) in [6.07, 6.45) is 0. The van der Waals surface area contributed by atoms with Gasteiger partial charge >= 0.3 is 0 Å². The lowest BCUT2D eigenvalue weighted by atomic mass is 10.1. The molecule has 0 aliphatic carbocycles. The number of carbonyl (C=O) groups is 1. The molecule has 76 valence electrons. The molecule has 14 heavy (non-hydrogen) atoms. The van der Waals surface area contributed by atoms with E-state index in [1.807, 2.05) is 0 Å². The van der Waals surface area contributed by atoms with Crippen molar-refractivity contribution in [2.75, 3.05) is 6.61 Å². The molecular weight excluding hydrogens is 185 g/mol. The van der Waals surface area contributed by atoms with Gasteiger partial charge in [-0.2, -0.15) is 0 Å². The van der Waals surface area contributed by atoms with Gasteiger partial charge in [0.1, 0.15) is 5.82 Å². The SMILES string of the molecule is CCONC(=O)c1cc(F)ccc1C. The van der Waals surface area contributed by atoms with Crippen LogP contribution in [0.3, 0.4) is 0 Å². The first-order chi connectivity index (χ1) is 6.65. The van der Waals surface area contributed by atoms with Gasteiger partial charge in [0.25, 0.3) is 5.91 Å². The topological polar surface area (TPSA) is 38.3 Å². The van der Waals surface area contributed by atoms with E-state index in [1.54, 1.807) is 19.9 Å². The van der Waals surface area contributed by atoms with Crippen molar-refractivity contribution < 1.29 is 14.0 Å². The van der Waals surface area contributed by atoms with Crippen molar-refractivity contribution in [1.29, 1.82) is 0 Å². The number of benzene rings is 1. The number of hydroxylamine groups is 1. The molecule has 0 bridgehead atoms. The summed E-state index contributed by atoms with van der Waals surface area (Å²) in [4.78, 5) is 16.1. The van der Waals surface area contributed by atoms with Gasteiger partial charge in [0.2, 0.25) is 0 Å². The highest BCUT2D eigenvalue weighted by molar-refractivity contribution is 5.94. The second kappa shape index (κ2) is 4.72. The number of halogens is 1. The van der Waals surface area contributed by atoms with Crippen LogP contribution in [0, 0.1) is 12.7 Å². The molecule has 1 aromatic rings. The molecule has 0 aromatic heterocycles. The molecule has 0 heterocycles. The van der Waals surface area contributed by atoms with Crippen molar-refractivity contribution in [2.45, 2.75) is 13.8 Å². The van der Waals surface area contributed by atoms with Crippen LogP contribution < -0.4 is 5.48 Å². The van der Waals surface area contributed by atoms with Crippen molar-refractivity contribution in [3.63, 3.8) is 0 Å². The quantitative estimate of drug-likeness (QED) is 0.750. The first kappa shape index (κ1) is 10.7. The van der Waals surface area contributed by atoms with Crippen LogP contribution in [-0.2, 0) is 4.84 Å². The molecule has 4 heteroatoms. The van der Waals surface area contributed by atoms with Crippen LogP contribution in [0.5, 0.6) is 0 Å². The highest BCUT2D eigenvalue weighted by atomic mass is 19.1. The summed E-state index contributed by atoms with van der Waals surface area (Å²) in [7, 11) is 0. The Bertz CT molecular complexity index is 339. The minimum absolute atomic E-state index is 0.290. The number of carbonyl (C=O) groups excluding carboxylic acids is 1. The molecule has 3 nitrogen and oxygen atoms in total. The molecule has 1 aromatic carbocycles. The lowest BCUT2D eigenvalue weighted by molar-refractivity contribution is 0.0363. The summed E-state index contributed by atoms with van der Waals surface area (Å²) >= 11 is 0. The van der Waals surface area contributed by atoms with Crippen molar-refractivity contribution in [1.82, 2.24) is 5.48 Å². The lowest BCUT2D eigenvalue weighted by Crippen LogP contribution is -2.24.